The highest BCUT2D eigenvalue weighted by molar-refractivity contribution is 5.85. The molecule has 3 rings (SSSR count). The van der Waals surface area contributed by atoms with Crippen molar-refractivity contribution in [3.05, 3.63) is 24.4 Å². The number of nitrogens with zero attached hydrogens (tertiary/aromatic N) is 4. The second-order valence-electron chi connectivity index (χ2n) is 6.85. The van der Waals surface area contributed by atoms with Gasteiger partial charge in [-0.15, -0.1) is 12.4 Å². The van der Waals surface area contributed by atoms with Crippen LogP contribution in [0.5, 0.6) is 0 Å². The molecule has 0 radical (unpaired) electrons. The second-order valence-corrected chi connectivity index (χ2v) is 6.85. The zero-order chi connectivity index (χ0) is 16.8. The fraction of sp³-hybridized carbons (Fsp3) is 0.667. The summed E-state index contributed by atoms with van der Waals surface area (Å²) in [6.45, 7) is 7.63. The molecule has 0 aliphatic carbocycles. The molecular formula is C18H30ClN5O. The molecule has 1 amide bonds. The summed E-state index contributed by atoms with van der Waals surface area (Å²) < 4.78 is 0. The lowest BCUT2D eigenvalue weighted by Gasteiger charge is -2.39. The Kier molecular flexibility index (Phi) is 7.93. The fourth-order valence-corrected chi connectivity index (χ4v) is 3.77. The molecule has 2 aliphatic rings. The van der Waals surface area contributed by atoms with Crippen molar-refractivity contribution >= 4 is 24.1 Å². The molecule has 7 heteroatoms. The van der Waals surface area contributed by atoms with Crippen molar-refractivity contribution < 1.29 is 4.79 Å². The third kappa shape index (κ3) is 5.56. The standard InChI is InChI=1S/C18H29N5O.ClH/c1-19-13-18(24)23-8-4-5-16(15-23)14-21-9-11-22(12-10-21)17-6-2-3-7-20-17;/h2-3,6-7,16,19H,4-5,8-15H2,1H3;1H. The molecule has 3 heterocycles. The number of aromatic nitrogens is 1. The van der Waals surface area contributed by atoms with Crippen LogP contribution in [0.25, 0.3) is 0 Å². The van der Waals surface area contributed by atoms with E-state index in [4.69, 9.17) is 0 Å². The molecule has 1 aromatic heterocycles. The van der Waals surface area contributed by atoms with Gasteiger partial charge in [-0.3, -0.25) is 9.69 Å². The number of nitrogens with one attached hydrogen (secondary N) is 1. The van der Waals surface area contributed by atoms with Crippen molar-refractivity contribution in [2.24, 2.45) is 5.92 Å². The van der Waals surface area contributed by atoms with Gasteiger partial charge in [-0.2, -0.15) is 0 Å². The van der Waals surface area contributed by atoms with Crippen LogP contribution in [-0.4, -0.2) is 80.1 Å². The normalized spacial score (nSPS) is 21.7. The van der Waals surface area contributed by atoms with Crippen LogP contribution in [0, 0.1) is 5.92 Å². The number of anilines is 1. The third-order valence-corrected chi connectivity index (χ3v) is 5.06. The van der Waals surface area contributed by atoms with E-state index in [1.165, 1.54) is 6.42 Å². The number of halogens is 1. The van der Waals surface area contributed by atoms with E-state index in [2.05, 4.69) is 26.2 Å². The number of amides is 1. The van der Waals surface area contributed by atoms with E-state index in [9.17, 15) is 4.79 Å². The number of hydrogen-bond acceptors (Lipinski definition) is 5. The summed E-state index contributed by atoms with van der Waals surface area (Å²) in [5, 5.41) is 2.97. The first-order valence-electron chi connectivity index (χ1n) is 9.07. The molecule has 0 spiro atoms. The first-order valence-corrected chi connectivity index (χ1v) is 9.07. The van der Waals surface area contributed by atoms with Crippen LogP contribution in [0.3, 0.4) is 0 Å². The summed E-state index contributed by atoms with van der Waals surface area (Å²) in [5.41, 5.74) is 0. The number of likely N-dealkylation sites (N-methyl/N-ethyl adjacent to an activating group) is 1. The maximum atomic E-state index is 12.1. The Morgan fingerprint density at radius 1 is 1.24 bits per heavy atom. The van der Waals surface area contributed by atoms with Gasteiger partial charge >= 0.3 is 0 Å². The molecule has 2 fully saturated rings. The van der Waals surface area contributed by atoms with E-state index in [0.29, 0.717) is 12.5 Å². The number of likely N-dealkylation sites (tertiary alicyclic amines) is 1. The molecular weight excluding hydrogens is 338 g/mol. The largest absolute Gasteiger partial charge is 0.354 e. The maximum absolute atomic E-state index is 12.1. The molecule has 25 heavy (non-hydrogen) atoms. The van der Waals surface area contributed by atoms with E-state index in [1.807, 2.05) is 30.3 Å². The Balaban J connectivity index is 0.00000225. The van der Waals surface area contributed by atoms with Gasteiger partial charge in [-0.05, 0) is 37.9 Å². The van der Waals surface area contributed by atoms with Crippen LogP contribution in [0.1, 0.15) is 12.8 Å². The van der Waals surface area contributed by atoms with Crippen molar-refractivity contribution in [2.45, 2.75) is 12.8 Å². The number of carbonyl (C=O) groups is 1. The summed E-state index contributed by atoms with van der Waals surface area (Å²) >= 11 is 0. The smallest absolute Gasteiger partial charge is 0.236 e. The van der Waals surface area contributed by atoms with Crippen LogP contribution in [0.15, 0.2) is 24.4 Å². The molecule has 1 unspecified atom stereocenters. The SMILES string of the molecule is CNCC(=O)N1CCCC(CN2CCN(c3ccccn3)CC2)C1.Cl. The minimum atomic E-state index is 0. The Hall–Kier alpha value is -1.37. The van der Waals surface area contributed by atoms with Gasteiger partial charge in [0.2, 0.25) is 5.91 Å². The predicted octanol–water partition coefficient (Wildman–Crippen LogP) is 1.08. The molecule has 2 saturated heterocycles. The summed E-state index contributed by atoms with van der Waals surface area (Å²) in [4.78, 5) is 23.5. The number of carbonyl (C=O) groups excluding carboxylic acids is 1. The van der Waals surface area contributed by atoms with E-state index in [0.717, 1.165) is 58.1 Å². The number of hydrogen-bond donors (Lipinski definition) is 1. The van der Waals surface area contributed by atoms with E-state index in [1.54, 1.807) is 0 Å². The molecule has 140 valence electrons. The molecule has 1 atom stereocenters. The topological polar surface area (TPSA) is 51.7 Å². The molecule has 0 saturated carbocycles. The Bertz CT molecular complexity index is 521. The minimum absolute atomic E-state index is 0. The molecule has 1 aromatic rings. The Morgan fingerprint density at radius 3 is 2.72 bits per heavy atom. The van der Waals surface area contributed by atoms with E-state index >= 15 is 0 Å². The third-order valence-electron chi connectivity index (χ3n) is 5.06. The average molecular weight is 368 g/mol. The van der Waals surface area contributed by atoms with Gasteiger partial charge in [-0.1, -0.05) is 6.07 Å². The minimum Gasteiger partial charge on any atom is -0.354 e. The second kappa shape index (κ2) is 9.94. The fourth-order valence-electron chi connectivity index (χ4n) is 3.77. The zero-order valence-electron chi connectivity index (χ0n) is 15.1. The molecule has 0 aromatic carbocycles. The van der Waals surface area contributed by atoms with Gasteiger partial charge in [-0.25, -0.2) is 4.98 Å². The van der Waals surface area contributed by atoms with Crippen LogP contribution in [0.4, 0.5) is 5.82 Å². The molecule has 2 aliphatic heterocycles. The molecule has 1 N–H and O–H groups in total. The van der Waals surface area contributed by atoms with Crippen molar-refractivity contribution in [3.63, 3.8) is 0 Å². The number of pyridine rings is 1. The van der Waals surface area contributed by atoms with E-state index in [-0.39, 0.29) is 18.3 Å². The van der Waals surface area contributed by atoms with Crippen LogP contribution in [-0.2, 0) is 4.79 Å². The summed E-state index contributed by atoms with van der Waals surface area (Å²) in [6, 6.07) is 6.10. The lowest BCUT2D eigenvalue weighted by molar-refractivity contribution is -0.132. The van der Waals surface area contributed by atoms with Gasteiger partial charge in [0.25, 0.3) is 0 Å². The van der Waals surface area contributed by atoms with Gasteiger partial charge in [0.1, 0.15) is 5.82 Å². The Labute approximate surface area is 157 Å². The summed E-state index contributed by atoms with van der Waals surface area (Å²) in [5.74, 6) is 1.93. The van der Waals surface area contributed by atoms with Crippen LogP contribution < -0.4 is 10.2 Å². The van der Waals surface area contributed by atoms with Crippen molar-refractivity contribution in [1.29, 1.82) is 0 Å². The average Bonchev–Trinajstić information content (AvgIpc) is 2.63. The highest BCUT2D eigenvalue weighted by Crippen LogP contribution is 2.19. The van der Waals surface area contributed by atoms with Crippen LogP contribution in [0.2, 0.25) is 0 Å². The number of piperazine rings is 1. The van der Waals surface area contributed by atoms with Gasteiger partial charge in [0, 0.05) is 52.0 Å². The van der Waals surface area contributed by atoms with Crippen molar-refractivity contribution in [2.75, 3.05) is 64.3 Å². The van der Waals surface area contributed by atoms with Gasteiger partial charge < -0.3 is 15.1 Å². The van der Waals surface area contributed by atoms with Crippen molar-refractivity contribution in [1.82, 2.24) is 20.1 Å². The first kappa shape index (κ1) is 19.9. The maximum Gasteiger partial charge on any atom is 0.236 e. The van der Waals surface area contributed by atoms with Crippen LogP contribution >= 0.6 is 12.4 Å². The number of rotatable bonds is 5. The number of piperidine rings is 1. The molecule has 6 nitrogen and oxygen atoms in total. The lowest BCUT2D eigenvalue weighted by atomic mass is 9.97. The van der Waals surface area contributed by atoms with Crippen molar-refractivity contribution in [3.8, 4) is 0 Å². The summed E-state index contributed by atoms with van der Waals surface area (Å²) in [6.07, 6.45) is 4.23. The highest BCUT2D eigenvalue weighted by Gasteiger charge is 2.26. The Morgan fingerprint density at radius 2 is 2.04 bits per heavy atom. The van der Waals surface area contributed by atoms with Gasteiger partial charge in [0.05, 0.1) is 6.54 Å². The quantitative estimate of drug-likeness (QED) is 0.844. The zero-order valence-corrected chi connectivity index (χ0v) is 15.9. The lowest BCUT2D eigenvalue weighted by Crippen LogP contribution is -2.51. The van der Waals surface area contributed by atoms with E-state index < -0.39 is 0 Å². The first-order chi connectivity index (χ1) is 11.8. The monoisotopic (exact) mass is 367 g/mol. The molecule has 0 bridgehead atoms. The van der Waals surface area contributed by atoms with Gasteiger partial charge in [0.15, 0.2) is 0 Å². The highest BCUT2D eigenvalue weighted by atomic mass is 35.5. The summed E-state index contributed by atoms with van der Waals surface area (Å²) in [7, 11) is 1.83. The predicted molar refractivity (Wildman–Crippen MR) is 103 cm³/mol.